The Hall–Kier alpha value is -1.35. The first-order valence-corrected chi connectivity index (χ1v) is 8.97. The predicted molar refractivity (Wildman–Crippen MR) is 114 cm³/mol. The lowest BCUT2D eigenvalue weighted by atomic mass is 10.1. The maximum atomic E-state index is 11.7. The molecule has 1 unspecified atom stereocenters. The van der Waals surface area contributed by atoms with Crippen LogP contribution in [0.4, 0.5) is 0 Å². The van der Waals surface area contributed by atoms with Gasteiger partial charge >= 0.3 is 5.97 Å². The van der Waals surface area contributed by atoms with Crippen LogP contribution < -0.4 is 5.32 Å². The summed E-state index contributed by atoms with van der Waals surface area (Å²) in [6.07, 6.45) is 1.11. The van der Waals surface area contributed by atoms with Crippen LogP contribution >= 0.6 is 24.0 Å². The summed E-state index contributed by atoms with van der Waals surface area (Å²) in [4.78, 5) is 18.6. The highest BCUT2D eigenvalue weighted by Crippen LogP contribution is 2.13. The van der Waals surface area contributed by atoms with Gasteiger partial charge in [0.05, 0.1) is 25.3 Å². The molecule has 1 aromatic carbocycles. The third kappa shape index (κ3) is 7.11. The molecule has 0 spiro atoms. The summed E-state index contributed by atoms with van der Waals surface area (Å²) >= 11 is 0. The van der Waals surface area contributed by atoms with Gasteiger partial charge in [-0.3, -0.25) is 0 Å². The Bertz CT molecular complexity index is 572. The first-order valence-electron chi connectivity index (χ1n) is 8.97. The maximum absolute atomic E-state index is 11.7. The Morgan fingerprint density at radius 2 is 2.08 bits per heavy atom. The van der Waals surface area contributed by atoms with Crippen LogP contribution in [-0.4, -0.2) is 56.8 Å². The number of esters is 1. The van der Waals surface area contributed by atoms with E-state index >= 15 is 0 Å². The first kappa shape index (κ1) is 22.7. The third-order valence-corrected chi connectivity index (χ3v) is 4.13. The molecule has 1 heterocycles. The Balaban J connectivity index is 0.00000338. The molecule has 7 heteroatoms. The van der Waals surface area contributed by atoms with Crippen LogP contribution in [0.2, 0.25) is 0 Å². The number of ether oxygens (including phenoxy) is 2. The SMILES string of the molecule is CCNC(=NCc1ccc(C(=O)OCC)cc1)N(C)CC1CCOC1.I. The van der Waals surface area contributed by atoms with Gasteiger partial charge in [-0.05, 0) is 38.0 Å². The van der Waals surface area contributed by atoms with Crippen LogP contribution in [0.1, 0.15) is 36.2 Å². The van der Waals surface area contributed by atoms with Crippen molar-refractivity contribution in [1.82, 2.24) is 10.2 Å². The van der Waals surface area contributed by atoms with E-state index < -0.39 is 0 Å². The molecule has 26 heavy (non-hydrogen) atoms. The zero-order valence-corrected chi connectivity index (χ0v) is 18.2. The lowest BCUT2D eigenvalue weighted by molar-refractivity contribution is 0.0526. The molecular weight excluding hydrogens is 445 g/mol. The Labute approximate surface area is 173 Å². The lowest BCUT2D eigenvalue weighted by Gasteiger charge is -2.24. The molecule has 1 atom stereocenters. The van der Waals surface area contributed by atoms with Crippen molar-refractivity contribution in [2.45, 2.75) is 26.8 Å². The normalized spacial score (nSPS) is 16.7. The number of hydrogen-bond donors (Lipinski definition) is 1. The molecular formula is C19H30IN3O3. The minimum absolute atomic E-state index is 0. The minimum Gasteiger partial charge on any atom is -0.462 e. The monoisotopic (exact) mass is 475 g/mol. The summed E-state index contributed by atoms with van der Waals surface area (Å²) in [7, 11) is 2.06. The Morgan fingerprint density at radius 3 is 2.65 bits per heavy atom. The molecule has 0 aliphatic carbocycles. The van der Waals surface area contributed by atoms with Gasteiger partial charge in [0.1, 0.15) is 0 Å². The molecule has 0 amide bonds. The second-order valence-electron chi connectivity index (χ2n) is 6.20. The van der Waals surface area contributed by atoms with Gasteiger partial charge in [0.15, 0.2) is 5.96 Å². The van der Waals surface area contributed by atoms with Crippen molar-refractivity contribution >= 4 is 35.9 Å². The first-order chi connectivity index (χ1) is 12.1. The molecule has 0 saturated carbocycles. The van der Waals surface area contributed by atoms with E-state index in [1.165, 1.54) is 0 Å². The van der Waals surface area contributed by atoms with E-state index in [0.29, 0.717) is 24.6 Å². The van der Waals surface area contributed by atoms with Crippen molar-refractivity contribution in [3.63, 3.8) is 0 Å². The standard InChI is InChI=1S/C19H29N3O3.HI/c1-4-20-19(22(3)13-16-10-11-24-14-16)21-12-15-6-8-17(9-7-15)18(23)25-5-2;/h6-9,16H,4-5,10-14H2,1-3H3,(H,20,21);1H. The van der Waals surface area contributed by atoms with E-state index in [2.05, 4.69) is 24.2 Å². The second kappa shape index (κ2) is 12.1. The van der Waals surface area contributed by atoms with E-state index in [9.17, 15) is 4.79 Å². The molecule has 0 bridgehead atoms. The van der Waals surface area contributed by atoms with Crippen LogP contribution in [0.3, 0.4) is 0 Å². The molecule has 0 aromatic heterocycles. The predicted octanol–water partition coefficient (Wildman–Crippen LogP) is 2.92. The van der Waals surface area contributed by atoms with E-state index in [1.807, 2.05) is 12.1 Å². The summed E-state index contributed by atoms with van der Waals surface area (Å²) in [5.41, 5.74) is 1.63. The summed E-state index contributed by atoms with van der Waals surface area (Å²) < 4.78 is 10.4. The van der Waals surface area contributed by atoms with Gasteiger partial charge in [-0.1, -0.05) is 12.1 Å². The van der Waals surface area contributed by atoms with Crippen molar-refractivity contribution in [3.8, 4) is 0 Å². The molecule has 1 saturated heterocycles. The number of carbonyl (C=O) groups excluding carboxylic acids is 1. The molecule has 6 nitrogen and oxygen atoms in total. The zero-order chi connectivity index (χ0) is 18.1. The number of rotatable bonds is 7. The average Bonchev–Trinajstić information content (AvgIpc) is 3.12. The largest absolute Gasteiger partial charge is 0.462 e. The number of carbonyl (C=O) groups is 1. The van der Waals surface area contributed by atoms with E-state index in [4.69, 9.17) is 14.5 Å². The second-order valence-corrected chi connectivity index (χ2v) is 6.20. The maximum Gasteiger partial charge on any atom is 0.338 e. The molecule has 0 radical (unpaired) electrons. The van der Waals surface area contributed by atoms with Gasteiger partial charge < -0.3 is 19.7 Å². The fourth-order valence-corrected chi connectivity index (χ4v) is 2.80. The molecule has 146 valence electrons. The van der Waals surface area contributed by atoms with Crippen LogP contribution in [-0.2, 0) is 16.0 Å². The van der Waals surface area contributed by atoms with Gasteiger partial charge in [-0.15, -0.1) is 24.0 Å². The fraction of sp³-hybridized carbons (Fsp3) is 0.579. The Kier molecular flexibility index (Phi) is 10.6. The number of benzene rings is 1. The van der Waals surface area contributed by atoms with E-state index in [0.717, 1.165) is 44.2 Å². The number of aliphatic imine (C=N–C) groups is 1. The topological polar surface area (TPSA) is 63.2 Å². The van der Waals surface area contributed by atoms with Gasteiger partial charge in [-0.25, -0.2) is 9.79 Å². The van der Waals surface area contributed by atoms with Gasteiger partial charge in [0.25, 0.3) is 0 Å². The van der Waals surface area contributed by atoms with Crippen molar-refractivity contribution < 1.29 is 14.3 Å². The molecule has 1 N–H and O–H groups in total. The van der Waals surface area contributed by atoms with Crippen molar-refractivity contribution in [3.05, 3.63) is 35.4 Å². The smallest absolute Gasteiger partial charge is 0.338 e. The number of hydrogen-bond acceptors (Lipinski definition) is 4. The highest BCUT2D eigenvalue weighted by molar-refractivity contribution is 14.0. The van der Waals surface area contributed by atoms with Crippen molar-refractivity contribution in [1.29, 1.82) is 0 Å². The van der Waals surface area contributed by atoms with Crippen LogP contribution in [0.15, 0.2) is 29.3 Å². The highest BCUT2D eigenvalue weighted by atomic mass is 127. The van der Waals surface area contributed by atoms with E-state index in [1.54, 1.807) is 19.1 Å². The number of nitrogens with zero attached hydrogens (tertiary/aromatic N) is 2. The molecule has 1 aromatic rings. The minimum atomic E-state index is -0.288. The number of nitrogens with one attached hydrogen (secondary N) is 1. The van der Waals surface area contributed by atoms with E-state index in [-0.39, 0.29) is 29.9 Å². The van der Waals surface area contributed by atoms with Crippen molar-refractivity contribution in [2.24, 2.45) is 10.9 Å². The van der Waals surface area contributed by atoms with Gasteiger partial charge in [-0.2, -0.15) is 0 Å². The van der Waals surface area contributed by atoms with Crippen LogP contribution in [0.25, 0.3) is 0 Å². The van der Waals surface area contributed by atoms with Crippen molar-refractivity contribution in [2.75, 3.05) is 40.0 Å². The molecule has 1 aliphatic rings. The Morgan fingerprint density at radius 1 is 1.35 bits per heavy atom. The third-order valence-electron chi connectivity index (χ3n) is 4.13. The summed E-state index contributed by atoms with van der Waals surface area (Å²) in [5.74, 6) is 1.17. The van der Waals surface area contributed by atoms with Crippen LogP contribution in [0, 0.1) is 5.92 Å². The number of halogens is 1. The molecule has 2 rings (SSSR count). The molecule has 1 aliphatic heterocycles. The summed E-state index contributed by atoms with van der Waals surface area (Å²) in [6, 6.07) is 7.42. The van der Waals surface area contributed by atoms with Crippen LogP contribution in [0.5, 0.6) is 0 Å². The van der Waals surface area contributed by atoms with Gasteiger partial charge in [0.2, 0.25) is 0 Å². The average molecular weight is 475 g/mol. The summed E-state index contributed by atoms with van der Waals surface area (Å²) in [5, 5.41) is 3.33. The molecule has 1 fully saturated rings. The number of guanidine groups is 1. The highest BCUT2D eigenvalue weighted by Gasteiger charge is 2.19. The zero-order valence-electron chi connectivity index (χ0n) is 15.9. The lowest BCUT2D eigenvalue weighted by Crippen LogP contribution is -2.41. The quantitative estimate of drug-likeness (QED) is 0.285. The fourth-order valence-electron chi connectivity index (χ4n) is 2.80. The van der Waals surface area contributed by atoms with Gasteiger partial charge in [0, 0.05) is 32.7 Å². The summed E-state index contributed by atoms with van der Waals surface area (Å²) in [6.45, 7) is 8.28.